The van der Waals surface area contributed by atoms with E-state index in [0.717, 1.165) is 0 Å². The highest BCUT2D eigenvalue weighted by atomic mass is 14.1. The molecule has 61 heavy (non-hydrogen) atoms. The van der Waals surface area contributed by atoms with Gasteiger partial charge in [0.15, 0.2) is 0 Å². The summed E-state index contributed by atoms with van der Waals surface area (Å²) in [7, 11) is 0. The van der Waals surface area contributed by atoms with Gasteiger partial charge in [-0.15, -0.1) is 0 Å². The number of hydrogen-bond donors (Lipinski definition) is 0. The van der Waals surface area contributed by atoms with Crippen molar-refractivity contribution in [2.75, 3.05) is 0 Å². The maximum atomic E-state index is 2.37. The zero-order valence-corrected chi connectivity index (χ0v) is 43.5. The van der Waals surface area contributed by atoms with Crippen LogP contribution in [0.4, 0.5) is 0 Å². The van der Waals surface area contributed by atoms with Gasteiger partial charge in [0.2, 0.25) is 0 Å². The number of unbranched alkanes of at least 4 members (excludes halogenated alkanes) is 55. The van der Waals surface area contributed by atoms with Crippen molar-refractivity contribution in [3.63, 3.8) is 0 Å². The average Bonchev–Trinajstić information content (AvgIpc) is 3.27. The fourth-order valence-corrected chi connectivity index (χ4v) is 9.99. The van der Waals surface area contributed by atoms with Gasteiger partial charge in [-0.1, -0.05) is 373 Å². The van der Waals surface area contributed by atoms with Gasteiger partial charge < -0.3 is 0 Å². The third-order valence-electron chi connectivity index (χ3n) is 14.4. The summed E-state index contributed by atoms with van der Waals surface area (Å²) < 4.78 is 0. The van der Waals surface area contributed by atoms with Gasteiger partial charge in [-0.05, 0) is 19.3 Å². The summed E-state index contributed by atoms with van der Waals surface area (Å²) >= 11 is 0. The van der Waals surface area contributed by atoms with Crippen LogP contribution in [0.25, 0.3) is 0 Å². The summed E-state index contributed by atoms with van der Waals surface area (Å²) in [5, 5.41) is 0. The van der Waals surface area contributed by atoms with Gasteiger partial charge in [0.1, 0.15) is 0 Å². The van der Waals surface area contributed by atoms with Crippen molar-refractivity contribution >= 4 is 0 Å². The van der Waals surface area contributed by atoms with E-state index in [1.807, 2.05) is 0 Å². The highest BCUT2D eigenvalue weighted by Gasteiger charge is 2.00. The lowest BCUT2D eigenvalue weighted by Gasteiger charge is -2.05. The van der Waals surface area contributed by atoms with Crippen LogP contribution < -0.4 is 0 Å². The van der Waals surface area contributed by atoms with Crippen LogP contribution in [0.15, 0.2) is 12.2 Å². The molecule has 0 aromatic carbocycles. The quantitative estimate of drug-likeness (QED) is 0.0422. The smallest absolute Gasteiger partial charge is 0.0351 e. The first-order valence-corrected chi connectivity index (χ1v) is 30.1. The van der Waals surface area contributed by atoms with E-state index in [1.165, 1.54) is 366 Å². The molecule has 0 spiro atoms. The lowest BCUT2D eigenvalue weighted by atomic mass is 10.0. The van der Waals surface area contributed by atoms with Crippen molar-refractivity contribution in [2.45, 2.75) is 380 Å². The molecule has 0 saturated heterocycles. The average molecular weight is 856 g/mol. The van der Waals surface area contributed by atoms with E-state index in [4.69, 9.17) is 0 Å². The Kier molecular flexibility index (Phi) is 59.5. The van der Waals surface area contributed by atoms with E-state index in [1.54, 1.807) is 0 Å². The van der Waals surface area contributed by atoms with E-state index in [-0.39, 0.29) is 0 Å². The van der Waals surface area contributed by atoms with Crippen LogP contribution in [0.1, 0.15) is 380 Å². The molecule has 0 atom stereocenters. The largest absolute Gasteiger partial charge is 0.0888 e. The molecule has 0 radical (unpaired) electrons. The summed E-state index contributed by atoms with van der Waals surface area (Å²) in [6, 6.07) is 0. The molecule has 0 aromatic heterocycles. The lowest BCUT2D eigenvalue weighted by Crippen LogP contribution is -1.85. The Morgan fingerprint density at radius 1 is 0.148 bits per heavy atom. The summed E-state index contributed by atoms with van der Waals surface area (Å²) in [4.78, 5) is 0. The fourth-order valence-electron chi connectivity index (χ4n) is 9.99. The SMILES string of the molecule is CCC=CCCCCCCCCCCCCCCCCCCCCCCCCCCCCCCCCCCCCCCCCCCCCCCCCCCCCCCCCC. The zero-order chi connectivity index (χ0) is 43.7. The summed E-state index contributed by atoms with van der Waals surface area (Å²) in [6.45, 7) is 4.54. The fraction of sp³-hybridized carbons (Fsp3) is 0.967. The van der Waals surface area contributed by atoms with Crippen molar-refractivity contribution in [3.05, 3.63) is 12.2 Å². The molecule has 0 N–H and O–H groups in total. The van der Waals surface area contributed by atoms with Crippen LogP contribution >= 0.6 is 0 Å². The van der Waals surface area contributed by atoms with Gasteiger partial charge in [0.25, 0.3) is 0 Å². The predicted octanol–water partition coefficient (Wildman–Crippen LogP) is 23.8. The Morgan fingerprint density at radius 3 is 0.410 bits per heavy atom. The molecule has 0 aromatic rings. The maximum Gasteiger partial charge on any atom is -0.0351 e. The van der Waals surface area contributed by atoms with Gasteiger partial charge in [-0.25, -0.2) is 0 Å². The third kappa shape index (κ3) is 59.7. The van der Waals surface area contributed by atoms with Crippen molar-refractivity contribution in [1.29, 1.82) is 0 Å². The minimum atomic E-state index is 1.19. The van der Waals surface area contributed by atoms with Crippen LogP contribution in [0.2, 0.25) is 0 Å². The molecule has 0 nitrogen and oxygen atoms in total. The third-order valence-corrected chi connectivity index (χ3v) is 14.4. The molecule has 0 heterocycles. The molecule has 0 unspecified atom stereocenters. The van der Waals surface area contributed by atoms with Crippen molar-refractivity contribution in [3.8, 4) is 0 Å². The van der Waals surface area contributed by atoms with Gasteiger partial charge >= 0.3 is 0 Å². The number of hydrogen-bond acceptors (Lipinski definition) is 0. The molecule has 0 saturated carbocycles. The van der Waals surface area contributed by atoms with Gasteiger partial charge in [-0.2, -0.15) is 0 Å². The van der Waals surface area contributed by atoms with Crippen LogP contribution in [0.5, 0.6) is 0 Å². The molecule has 0 aliphatic rings. The topological polar surface area (TPSA) is 0 Å². The maximum absolute atomic E-state index is 2.37. The molecule has 0 aliphatic heterocycles. The minimum absolute atomic E-state index is 1.19. The highest BCUT2D eigenvalue weighted by Crippen LogP contribution is 2.19. The van der Waals surface area contributed by atoms with Crippen LogP contribution in [0.3, 0.4) is 0 Å². The lowest BCUT2D eigenvalue weighted by molar-refractivity contribution is 0.507. The first kappa shape index (κ1) is 60.7. The molecule has 0 amide bonds. The monoisotopic (exact) mass is 855 g/mol. The molecule has 0 fully saturated rings. The Morgan fingerprint density at radius 2 is 0.279 bits per heavy atom. The van der Waals surface area contributed by atoms with E-state index >= 15 is 0 Å². The first-order valence-electron chi connectivity index (χ1n) is 30.1. The zero-order valence-electron chi connectivity index (χ0n) is 43.5. The summed E-state index contributed by atoms with van der Waals surface area (Å²) in [5.74, 6) is 0. The van der Waals surface area contributed by atoms with Crippen molar-refractivity contribution in [2.24, 2.45) is 0 Å². The number of rotatable bonds is 57. The van der Waals surface area contributed by atoms with E-state index in [2.05, 4.69) is 26.0 Å². The molecular formula is C61H122. The first-order chi connectivity index (χ1) is 30.4. The summed E-state index contributed by atoms with van der Waals surface area (Å²) in [5.41, 5.74) is 0. The summed E-state index contributed by atoms with van der Waals surface area (Å²) in [6.07, 6.45) is 89.0. The van der Waals surface area contributed by atoms with Crippen molar-refractivity contribution < 1.29 is 0 Å². The Balaban J connectivity index is 3.06. The highest BCUT2D eigenvalue weighted by molar-refractivity contribution is 4.79. The molecule has 0 bridgehead atoms. The van der Waals surface area contributed by atoms with E-state index < -0.39 is 0 Å². The van der Waals surface area contributed by atoms with Crippen LogP contribution in [-0.4, -0.2) is 0 Å². The Bertz CT molecular complexity index is 734. The second kappa shape index (κ2) is 59.7. The van der Waals surface area contributed by atoms with Crippen LogP contribution in [-0.2, 0) is 0 Å². The molecule has 0 heteroatoms. The molecule has 0 aliphatic carbocycles. The van der Waals surface area contributed by atoms with Crippen molar-refractivity contribution in [1.82, 2.24) is 0 Å². The minimum Gasteiger partial charge on any atom is -0.0888 e. The van der Waals surface area contributed by atoms with Gasteiger partial charge in [-0.3, -0.25) is 0 Å². The van der Waals surface area contributed by atoms with E-state index in [9.17, 15) is 0 Å². The molecular weight excluding hydrogens is 733 g/mol. The van der Waals surface area contributed by atoms with Gasteiger partial charge in [0, 0.05) is 0 Å². The van der Waals surface area contributed by atoms with Crippen LogP contribution in [0, 0.1) is 0 Å². The standard InChI is InChI=1S/C61H122/c1-3-5-7-9-11-13-15-17-19-21-23-25-27-29-31-33-35-37-39-41-43-45-47-49-51-53-55-57-59-61-60-58-56-54-52-50-48-46-44-42-40-38-36-34-32-30-28-26-24-22-20-18-16-14-12-10-8-6-4-2/h5,7H,3-4,6,8-61H2,1-2H3. The second-order valence-corrected chi connectivity index (χ2v) is 20.8. The Hall–Kier alpha value is -0.260. The second-order valence-electron chi connectivity index (χ2n) is 20.8. The molecule has 0 rings (SSSR count). The van der Waals surface area contributed by atoms with E-state index in [0.29, 0.717) is 0 Å². The van der Waals surface area contributed by atoms with Gasteiger partial charge in [0.05, 0.1) is 0 Å². The Labute approximate surface area is 390 Å². The predicted molar refractivity (Wildman–Crippen MR) is 284 cm³/mol. The number of allylic oxidation sites excluding steroid dienone is 2. The molecule has 366 valence electrons. The normalized spacial score (nSPS) is 11.8.